The van der Waals surface area contributed by atoms with Gasteiger partial charge in [-0.25, -0.2) is 4.98 Å². The molecule has 0 aliphatic heterocycles. The van der Waals surface area contributed by atoms with Crippen LogP contribution in [0.2, 0.25) is 5.15 Å². The van der Waals surface area contributed by atoms with E-state index < -0.39 is 11.3 Å². The molecule has 0 spiro atoms. The van der Waals surface area contributed by atoms with E-state index in [1.54, 1.807) is 12.1 Å². The molecule has 0 atom stereocenters. The Kier molecular flexibility index (Phi) is 5.71. The number of amides is 1. The Labute approximate surface area is 187 Å². The molecule has 1 N–H and O–H groups in total. The van der Waals surface area contributed by atoms with Crippen LogP contribution in [0.25, 0.3) is 11.1 Å². The van der Waals surface area contributed by atoms with Crippen molar-refractivity contribution in [1.82, 2.24) is 20.2 Å². The number of hydrogen-bond acceptors (Lipinski definition) is 9. The van der Waals surface area contributed by atoms with Gasteiger partial charge in [-0.1, -0.05) is 16.7 Å². The summed E-state index contributed by atoms with van der Waals surface area (Å²) in [6, 6.07) is 5.66. The Hall–Kier alpha value is -3.29. The zero-order valence-electron chi connectivity index (χ0n) is 16.7. The molecule has 3 aromatic rings. The molecule has 0 aromatic carbocycles. The number of methoxy groups -OCH3 is 1. The maximum absolute atomic E-state index is 13.0. The number of nitriles is 1. The zero-order chi connectivity index (χ0) is 22.0. The topological polar surface area (TPSA) is 123 Å². The predicted octanol–water partition coefficient (Wildman–Crippen LogP) is 3.90. The van der Waals surface area contributed by atoms with Gasteiger partial charge < -0.3 is 9.47 Å². The largest absolute Gasteiger partial charge is 0.494 e. The second kappa shape index (κ2) is 8.45. The van der Waals surface area contributed by atoms with Crippen LogP contribution in [0.15, 0.2) is 24.5 Å². The normalized spacial score (nSPS) is 13.9. The van der Waals surface area contributed by atoms with Gasteiger partial charge in [-0.2, -0.15) is 5.26 Å². The summed E-state index contributed by atoms with van der Waals surface area (Å²) in [6.07, 6.45) is 4.61. The summed E-state index contributed by atoms with van der Waals surface area (Å²) in [7, 11) is 1.52. The van der Waals surface area contributed by atoms with E-state index in [2.05, 4.69) is 31.6 Å². The van der Waals surface area contributed by atoms with Gasteiger partial charge in [-0.05, 0) is 43.2 Å². The lowest BCUT2D eigenvalue weighted by atomic mass is 10.0. The predicted molar refractivity (Wildman–Crippen MR) is 114 cm³/mol. The summed E-state index contributed by atoms with van der Waals surface area (Å²) in [4.78, 5) is 21.3. The fraction of sp³-hybridized carbons (Fsp3) is 0.300. The van der Waals surface area contributed by atoms with Crippen molar-refractivity contribution < 1.29 is 14.3 Å². The standard InChI is InChI=1S/C20H17ClN6O3S/c1-11-5-12(13-6-16(21)24-8-15(13)29-2)14(7-23-11)17(28)25-18-26-27-19(31-18)30-10-20(9-22)3-4-20/h5-8H,3-4,10H2,1-2H3,(H,25,26,28). The highest BCUT2D eigenvalue weighted by Gasteiger charge is 2.44. The van der Waals surface area contributed by atoms with Gasteiger partial charge in [-0.15, -0.1) is 5.10 Å². The van der Waals surface area contributed by atoms with E-state index in [-0.39, 0.29) is 16.9 Å². The Morgan fingerprint density at radius 2 is 2.10 bits per heavy atom. The third kappa shape index (κ3) is 4.57. The molecule has 1 saturated carbocycles. The fourth-order valence-electron chi connectivity index (χ4n) is 2.88. The summed E-state index contributed by atoms with van der Waals surface area (Å²) in [5.74, 6) is 0.0537. The molecule has 0 bridgehead atoms. The molecular formula is C20H17ClN6O3S. The SMILES string of the molecule is COc1cnc(Cl)cc1-c1cc(C)ncc1C(=O)Nc1nnc(OCC2(C#N)CC2)s1. The average molecular weight is 457 g/mol. The van der Waals surface area contributed by atoms with E-state index in [0.717, 1.165) is 29.9 Å². The van der Waals surface area contributed by atoms with Crippen molar-refractivity contribution in [2.45, 2.75) is 19.8 Å². The van der Waals surface area contributed by atoms with Crippen LogP contribution in [0.5, 0.6) is 10.9 Å². The first-order valence-electron chi connectivity index (χ1n) is 9.28. The molecular weight excluding hydrogens is 440 g/mol. The molecule has 158 valence electrons. The number of carbonyl (C=O) groups is 1. The van der Waals surface area contributed by atoms with Crippen molar-refractivity contribution in [3.8, 4) is 28.1 Å². The smallest absolute Gasteiger partial charge is 0.295 e. The quantitative estimate of drug-likeness (QED) is 0.531. The second-order valence-electron chi connectivity index (χ2n) is 7.09. The van der Waals surface area contributed by atoms with Crippen molar-refractivity contribution in [2.75, 3.05) is 19.0 Å². The van der Waals surface area contributed by atoms with E-state index in [9.17, 15) is 4.79 Å². The third-order valence-corrected chi connectivity index (χ3v) is 5.78. The van der Waals surface area contributed by atoms with Crippen LogP contribution in [0.3, 0.4) is 0 Å². The first-order chi connectivity index (χ1) is 14.9. The Morgan fingerprint density at radius 3 is 2.81 bits per heavy atom. The molecule has 11 heteroatoms. The van der Waals surface area contributed by atoms with Crippen LogP contribution in [-0.4, -0.2) is 39.8 Å². The van der Waals surface area contributed by atoms with Crippen molar-refractivity contribution in [1.29, 1.82) is 5.26 Å². The molecule has 9 nitrogen and oxygen atoms in total. The average Bonchev–Trinajstić information content (AvgIpc) is 3.42. The van der Waals surface area contributed by atoms with Gasteiger partial charge in [0.05, 0.1) is 30.4 Å². The number of nitrogens with one attached hydrogen (secondary N) is 1. The highest BCUT2D eigenvalue weighted by molar-refractivity contribution is 7.17. The Bertz CT molecular complexity index is 1190. The number of halogens is 1. The third-order valence-electron chi connectivity index (χ3n) is 4.82. The maximum Gasteiger partial charge on any atom is 0.295 e. The molecule has 0 saturated heterocycles. The summed E-state index contributed by atoms with van der Waals surface area (Å²) in [5, 5.41) is 20.6. The van der Waals surface area contributed by atoms with Gasteiger partial charge in [0.1, 0.15) is 17.5 Å². The molecule has 4 rings (SSSR count). The Balaban J connectivity index is 1.56. The highest BCUT2D eigenvalue weighted by Crippen LogP contribution is 2.45. The summed E-state index contributed by atoms with van der Waals surface area (Å²) in [6.45, 7) is 2.09. The molecule has 3 heterocycles. The first kappa shape index (κ1) is 21.0. The minimum atomic E-state index is -0.420. The fourth-order valence-corrected chi connectivity index (χ4v) is 3.62. The number of rotatable bonds is 7. The van der Waals surface area contributed by atoms with Gasteiger partial charge >= 0.3 is 0 Å². The van der Waals surface area contributed by atoms with E-state index in [1.165, 1.54) is 19.5 Å². The number of carbonyl (C=O) groups excluding carboxylic acids is 1. The molecule has 0 radical (unpaired) electrons. The minimum absolute atomic E-state index is 0.265. The number of aromatic nitrogens is 4. The van der Waals surface area contributed by atoms with Crippen LogP contribution in [0.4, 0.5) is 5.13 Å². The molecule has 1 amide bonds. The number of ether oxygens (including phenoxy) is 2. The van der Waals surface area contributed by atoms with Crippen LogP contribution in [-0.2, 0) is 0 Å². The number of hydrogen-bond donors (Lipinski definition) is 1. The van der Waals surface area contributed by atoms with E-state index in [1.807, 2.05) is 6.92 Å². The highest BCUT2D eigenvalue weighted by atomic mass is 35.5. The summed E-state index contributed by atoms with van der Waals surface area (Å²) < 4.78 is 11.0. The lowest BCUT2D eigenvalue weighted by Gasteiger charge is -2.13. The number of anilines is 1. The number of pyridine rings is 2. The van der Waals surface area contributed by atoms with Crippen molar-refractivity contribution in [2.24, 2.45) is 5.41 Å². The molecule has 3 aromatic heterocycles. The molecule has 31 heavy (non-hydrogen) atoms. The zero-order valence-corrected chi connectivity index (χ0v) is 18.3. The van der Waals surface area contributed by atoms with Gasteiger partial charge in [0.2, 0.25) is 5.13 Å². The van der Waals surface area contributed by atoms with Crippen LogP contribution in [0, 0.1) is 23.7 Å². The molecule has 1 aliphatic rings. The minimum Gasteiger partial charge on any atom is -0.494 e. The Morgan fingerprint density at radius 1 is 1.29 bits per heavy atom. The number of aryl methyl sites for hydroxylation is 1. The second-order valence-corrected chi connectivity index (χ2v) is 8.41. The van der Waals surface area contributed by atoms with E-state index in [4.69, 9.17) is 26.3 Å². The number of nitrogens with zero attached hydrogens (tertiary/aromatic N) is 5. The van der Waals surface area contributed by atoms with Crippen molar-refractivity contribution >= 4 is 34.0 Å². The van der Waals surface area contributed by atoms with E-state index in [0.29, 0.717) is 27.6 Å². The lowest BCUT2D eigenvalue weighted by molar-refractivity contribution is 0.102. The van der Waals surface area contributed by atoms with Crippen LogP contribution in [0.1, 0.15) is 28.9 Å². The summed E-state index contributed by atoms with van der Waals surface area (Å²) in [5.41, 5.74) is 1.83. The van der Waals surface area contributed by atoms with Crippen LogP contribution >= 0.6 is 22.9 Å². The first-order valence-corrected chi connectivity index (χ1v) is 10.5. The molecule has 1 aliphatic carbocycles. The monoisotopic (exact) mass is 456 g/mol. The van der Waals surface area contributed by atoms with Gasteiger partial charge in [0.25, 0.3) is 11.1 Å². The van der Waals surface area contributed by atoms with Gasteiger partial charge in [-0.3, -0.25) is 15.1 Å². The summed E-state index contributed by atoms with van der Waals surface area (Å²) >= 11 is 7.16. The van der Waals surface area contributed by atoms with Crippen LogP contribution < -0.4 is 14.8 Å². The van der Waals surface area contributed by atoms with E-state index >= 15 is 0 Å². The van der Waals surface area contributed by atoms with Gasteiger partial charge in [0.15, 0.2) is 0 Å². The lowest BCUT2D eigenvalue weighted by Crippen LogP contribution is -2.14. The van der Waals surface area contributed by atoms with Crippen molar-refractivity contribution in [3.05, 3.63) is 40.9 Å². The maximum atomic E-state index is 13.0. The molecule has 1 fully saturated rings. The van der Waals surface area contributed by atoms with Crippen molar-refractivity contribution in [3.63, 3.8) is 0 Å². The molecule has 0 unspecified atom stereocenters. The van der Waals surface area contributed by atoms with Gasteiger partial charge in [0, 0.05) is 23.0 Å².